The Morgan fingerprint density at radius 1 is 0.676 bits per heavy atom. The van der Waals surface area contributed by atoms with Gasteiger partial charge in [0.1, 0.15) is 0 Å². The van der Waals surface area contributed by atoms with E-state index in [1.54, 1.807) is 30.3 Å². The summed E-state index contributed by atoms with van der Waals surface area (Å²) >= 11 is 0. The molecule has 0 aromatic heterocycles. The molecule has 0 unspecified atom stereocenters. The SMILES string of the molecule is Cc1ccc(N)cc1N.Nc1ccc(N)cc1.Nc1ccc([N+](=O)[O-])cc1.O=C(O)O.S.S.[Na].[Na].[Na].[Na]. The van der Waals surface area contributed by atoms with Crippen LogP contribution in [0.3, 0.4) is 0 Å². The van der Waals surface area contributed by atoms with Gasteiger partial charge < -0.3 is 38.9 Å². The maximum atomic E-state index is 10.1. The Morgan fingerprint density at radius 2 is 0.946 bits per heavy atom. The van der Waals surface area contributed by atoms with E-state index in [1.165, 1.54) is 24.3 Å². The van der Waals surface area contributed by atoms with Crippen LogP contribution in [0.1, 0.15) is 5.56 Å². The van der Waals surface area contributed by atoms with Crippen molar-refractivity contribution in [2.24, 2.45) is 0 Å². The Labute approximate surface area is 318 Å². The number of carbonyl (C=O) groups is 1. The van der Waals surface area contributed by atoms with E-state index in [-0.39, 0.29) is 151 Å². The van der Waals surface area contributed by atoms with Gasteiger partial charge in [0.05, 0.1) is 4.92 Å². The van der Waals surface area contributed by atoms with Crippen molar-refractivity contribution in [2.75, 3.05) is 28.7 Å². The van der Waals surface area contributed by atoms with Gasteiger partial charge in [-0.25, -0.2) is 4.79 Å². The number of hydrogen-bond donors (Lipinski definition) is 7. The molecule has 12 N–H and O–H groups in total. The summed E-state index contributed by atoms with van der Waals surface area (Å²) in [4.78, 5) is 18.2. The van der Waals surface area contributed by atoms with Gasteiger partial charge >= 0.3 is 6.16 Å². The van der Waals surface area contributed by atoms with Crippen LogP contribution in [0.5, 0.6) is 0 Å². The molecule has 0 spiro atoms. The fourth-order valence-electron chi connectivity index (χ4n) is 1.75. The third-order valence-electron chi connectivity index (χ3n) is 3.34. The second-order valence-electron chi connectivity index (χ2n) is 5.91. The standard InChI is InChI=1S/C7H10N2.C6H6N2O2.C6H8N2.CH2O3.4Na.2H2S/c1-5-2-3-6(8)4-7(5)9;7-5-1-3-6(4-2-5)8(9)10;7-5-1-2-6(8)4-3-5;2-1(3)4;;;;;;/h2-4H,8-9H2,1H3;1-4H,7H2;1-4H,7-8H2;(H2,2,3,4);;;;;2*1H2. The molecule has 17 heteroatoms. The Balaban J connectivity index is -0.0000000635. The van der Waals surface area contributed by atoms with Crippen LogP contribution in [-0.2, 0) is 0 Å². The molecule has 0 aliphatic carbocycles. The van der Waals surface area contributed by atoms with E-state index in [0.717, 1.165) is 28.3 Å². The summed E-state index contributed by atoms with van der Waals surface area (Å²) in [6.45, 7) is 1.95. The van der Waals surface area contributed by atoms with Crippen molar-refractivity contribution in [3.05, 3.63) is 82.4 Å². The third kappa shape index (κ3) is 30.4. The van der Waals surface area contributed by atoms with Gasteiger partial charge in [0, 0.05) is 159 Å². The zero-order valence-electron chi connectivity index (χ0n) is 21.8. The van der Waals surface area contributed by atoms with Crippen molar-refractivity contribution in [2.45, 2.75) is 6.92 Å². The maximum Gasteiger partial charge on any atom is 0.503 e. The van der Waals surface area contributed by atoms with Crippen molar-refractivity contribution in [1.82, 2.24) is 0 Å². The molecule has 0 amide bonds. The van der Waals surface area contributed by atoms with Crippen LogP contribution >= 0.6 is 27.0 Å². The van der Waals surface area contributed by atoms with Crippen LogP contribution in [0.25, 0.3) is 0 Å². The topological polar surface area (TPSA) is 231 Å². The molecule has 186 valence electrons. The van der Waals surface area contributed by atoms with E-state index < -0.39 is 11.1 Å². The summed E-state index contributed by atoms with van der Waals surface area (Å²) in [7, 11) is 0. The Bertz CT molecular complexity index is 967. The molecule has 0 aliphatic rings. The summed E-state index contributed by atoms with van der Waals surface area (Å²) in [5.74, 6) is 0. The summed E-state index contributed by atoms with van der Waals surface area (Å²) in [5.41, 5.74) is 31.7. The van der Waals surface area contributed by atoms with Crippen molar-refractivity contribution in [3.63, 3.8) is 0 Å². The number of nitrogens with two attached hydrogens (primary N) is 5. The molecule has 0 saturated carbocycles. The van der Waals surface area contributed by atoms with E-state index in [0.29, 0.717) is 5.69 Å². The summed E-state index contributed by atoms with van der Waals surface area (Å²) in [6.07, 6.45) is -1.83. The molecule has 4 radical (unpaired) electrons. The first kappa shape index (κ1) is 53.3. The summed E-state index contributed by atoms with van der Waals surface area (Å²) in [5, 5.41) is 24.0. The molecule has 3 aromatic carbocycles. The normalized spacial score (nSPS) is 7.38. The molecule has 37 heavy (non-hydrogen) atoms. The second-order valence-corrected chi connectivity index (χ2v) is 5.91. The molecular weight excluding hydrogens is 560 g/mol. The van der Waals surface area contributed by atoms with Gasteiger partial charge in [0.25, 0.3) is 5.69 Å². The van der Waals surface area contributed by atoms with E-state index in [9.17, 15) is 10.1 Å². The van der Waals surface area contributed by atoms with Gasteiger partial charge in [-0.2, -0.15) is 27.0 Å². The number of nitrogens with zero attached hydrogens (tertiary/aromatic N) is 1. The fraction of sp³-hybridized carbons (Fsp3) is 0.0500. The fourth-order valence-corrected chi connectivity index (χ4v) is 1.75. The average Bonchev–Trinajstić information content (AvgIpc) is 2.68. The largest absolute Gasteiger partial charge is 0.503 e. The summed E-state index contributed by atoms with van der Waals surface area (Å²) < 4.78 is 0. The number of benzene rings is 3. The zero-order chi connectivity index (χ0) is 24.0. The molecule has 3 aromatic rings. The van der Waals surface area contributed by atoms with Crippen molar-refractivity contribution in [3.8, 4) is 0 Å². The van der Waals surface area contributed by atoms with E-state index in [2.05, 4.69) is 0 Å². The minimum Gasteiger partial charge on any atom is -0.450 e. The van der Waals surface area contributed by atoms with E-state index >= 15 is 0 Å². The van der Waals surface area contributed by atoms with Gasteiger partial charge in [-0.1, -0.05) is 6.07 Å². The number of nitro groups is 1. The number of rotatable bonds is 1. The number of non-ortho nitro benzene ring substituents is 1. The van der Waals surface area contributed by atoms with Crippen LogP contribution in [0, 0.1) is 17.0 Å². The number of carboxylic acid groups (broad SMARTS) is 2. The first-order chi connectivity index (χ1) is 14.4. The molecule has 3 rings (SSSR count). The van der Waals surface area contributed by atoms with Crippen molar-refractivity contribution in [1.29, 1.82) is 0 Å². The van der Waals surface area contributed by atoms with Gasteiger partial charge in [-0.15, -0.1) is 0 Å². The molecular formula is C20H30N6Na4O5S2. The van der Waals surface area contributed by atoms with E-state index in [1.807, 2.05) is 19.1 Å². The number of aryl methyl sites for hydroxylation is 1. The second kappa shape index (κ2) is 30.6. The minimum atomic E-state index is -1.83. The van der Waals surface area contributed by atoms with Crippen LogP contribution in [0.2, 0.25) is 0 Å². The van der Waals surface area contributed by atoms with Crippen LogP contribution in [0.4, 0.5) is 38.9 Å². The zero-order valence-corrected chi connectivity index (χ0v) is 31.8. The molecule has 0 saturated heterocycles. The molecule has 0 heterocycles. The number of nitrogen functional groups attached to an aromatic ring is 5. The Morgan fingerprint density at radius 3 is 1.19 bits per heavy atom. The predicted molar refractivity (Wildman–Crippen MR) is 167 cm³/mol. The molecule has 11 nitrogen and oxygen atoms in total. The Kier molecular flexibility index (Phi) is 44.0. The van der Waals surface area contributed by atoms with Crippen molar-refractivity contribution >= 4 is 186 Å². The van der Waals surface area contributed by atoms with E-state index in [4.69, 9.17) is 43.7 Å². The first-order valence-electron chi connectivity index (χ1n) is 8.56. The Hall–Kier alpha value is 0.0300. The molecule has 0 atom stereocenters. The van der Waals surface area contributed by atoms with Gasteiger partial charge in [-0.3, -0.25) is 10.1 Å². The maximum absolute atomic E-state index is 10.1. The predicted octanol–water partition coefficient (Wildman–Crippen LogP) is 2.11. The monoisotopic (exact) mass is 590 g/mol. The van der Waals surface area contributed by atoms with Crippen LogP contribution in [-0.4, -0.2) is 140 Å². The van der Waals surface area contributed by atoms with Gasteiger partial charge in [-0.05, 0) is 61.0 Å². The molecule has 0 bridgehead atoms. The molecule has 0 fully saturated rings. The van der Waals surface area contributed by atoms with Crippen LogP contribution < -0.4 is 28.7 Å². The average molecular weight is 591 g/mol. The van der Waals surface area contributed by atoms with Crippen molar-refractivity contribution < 1.29 is 19.9 Å². The molecule has 0 aliphatic heterocycles. The first-order valence-corrected chi connectivity index (χ1v) is 8.56. The minimum absolute atomic E-state index is 0. The number of anilines is 5. The third-order valence-corrected chi connectivity index (χ3v) is 3.34. The number of nitro benzene ring substituents is 1. The van der Waals surface area contributed by atoms with Gasteiger partial charge in [0.2, 0.25) is 0 Å². The van der Waals surface area contributed by atoms with Gasteiger partial charge in [0.15, 0.2) is 0 Å². The van der Waals surface area contributed by atoms with Crippen LogP contribution in [0.15, 0.2) is 66.7 Å². The summed E-state index contributed by atoms with van der Waals surface area (Å²) in [6, 6.07) is 18.3. The number of hydrogen-bond acceptors (Lipinski definition) is 8. The quantitative estimate of drug-likeness (QED) is 0.0944. The smallest absolute Gasteiger partial charge is 0.450 e.